The molecule has 5 heteroatoms. The van der Waals surface area contributed by atoms with Crippen molar-refractivity contribution in [3.63, 3.8) is 0 Å². The monoisotopic (exact) mass is 186 g/mol. The highest BCUT2D eigenvalue weighted by Gasteiger charge is 2.42. The Morgan fingerprint density at radius 1 is 1.62 bits per heavy atom. The van der Waals surface area contributed by atoms with Gasteiger partial charge in [-0.2, -0.15) is 0 Å². The molecule has 1 saturated heterocycles. The predicted octanol–water partition coefficient (Wildman–Crippen LogP) is -0.589. The summed E-state index contributed by atoms with van der Waals surface area (Å²) in [5.41, 5.74) is 4.36. The fourth-order valence-electron chi connectivity index (χ4n) is 1.44. The van der Waals surface area contributed by atoms with E-state index in [1.54, 1.807) is 6.92 Å². The maximum atomic E-state index is 11.2. The van der Waals surface area contributed by atoms with Crippen LogP contribution in [0.4, 0.5) is 0 Å². The van der Waals surface area contributed by atoms with Crippen LogP contribution in [0.3, 0.4) is 0 Å². The van der Waals surface area contributed by atoms with Gasteiger partial charge in [0.15, 0.2) is 0 Å². The third kappa shape index (κ3) is 1.80. The molecule has 1 rings (SSSR count). The smallest absolute Gasteiger partial charge is 0.325 e. The van der Waals surface area contributed by atoms with Gasteiger partial charge < -0.3 is 15.7 Å². The number of carbonyl (C=O) groups is 2. The van der Waals surface area contributed by atoms with Crippen LogP contribution in [0.5, 0.6) is 0 Å². The minimum absolute atomic E-state index is 0.0337. The first kappa shape index (κ1) is 9.98. The minimum Gasteiger partial charge on any atom is -0.480 e. The minimum atomic E-state index is -1.23. The second-order valence-corrected chi connectivity index (χ2v) is 3.38. The highest BCUT2D eigenvalue weighted by Crippen LogP contribution is 2.19. The van der Waals surface area contributed by atoms with Crippen molar-refractivity contribution in [2.75, 3.05) is 13.1 Å². The molecule has 0 aromatic heterocycles. The summed E-state index contributed by atoms with van der Waals surface area (Å²) in [4.78, 5) is 23.4. The van der Waals surface area contributed by atoms with Crippen molar-refractivity contribution >= 4 is 11.9 Å². The van der Waals surface area contributed by atoms with Gasteiger partial charge in [0, 0.05) is 19.5 Å². The van der Waals surface area contributed by atoms with Gasteiger partial charge in [-0.05, 0) is 6.42 Å². The molecule has 13 heavy (non-hydrogen) atoms. The van der Waals surface area contributed by atoms with E-state index < -0.39 is 11.5 Å². The molecule has 1 aliphatic heterocycles. The molecule has 0 aliphatic carbocycles. The fourth-order valence-corrected chi connectivity index (χ4v) is 1.44. The molecule has 3 N–H and O–H groups in total. The van der Waals surface area contributed by atoms with E-state index in [0.29, 0.717) is 19.4 Å². The van der Waals surface area contributed by atoms with E-state index in [0.717, 1.165) is 0 Å². The molecule has 0 radical (unpaired) electrons. The Bertz CT molecular complexity index is 242. The number of likely N-dealkylation sites (tertiary alicyclic amines) is 1. The number of aliphatic carboxylic acids is 1. The normalized spacial score (nSPS) is 27.7. The summed E-state index contributed by atoms with van der Waals surface area (Å²) in [6, 6.07) is 0. The third-order valence-corrected chi connectivity index (χ3v) is 2.38. The van der Waals surface area contributed by atoms with Gasteiger partial charge >= 0.3 is 5.97 Å². The SMILES string of the molecule is CCC(=O)N1CCC(N)(C(=O)O)C1. The molecule has 5 nitrogen and oxygen atoms in total. The van der Waals surface area contributed by atoms with E-state index in [2.05, 4.69) is 0 Å². The molecule has 0 bridgehead atoms. The van der Waals surface area contributed by atoms with Gasteiger partial charge in [-0.15, -0.1) is 0 Å². The van der Waals surface area contributed by atoms with Crippen molar-refractivity contribution in [3.05, 3.63) is 0 Å². The lowest BCUT2D eigenvalue weighted by Crippen LogP contribution is -2.50. The molecule has 1 fully saturated rings. The van der Waals surface area contributed by atoms with Crippen LogP contribution in [0.15, 0.2) is 0 Å². The summed E-state index contributed by atoms with van der Waals surface area (Å²) in [5.74, 6) is -1.06. The predicted molar refractivity (Wildman–Crippen MR) is 46.0 cm³/mol. The Labute approximate surface area is 76.5 Å². The highest BCUT2D eigenvalue weighted by molar-refractivity contribution is 5.82. The number of hydrogen-bond acceptors (Lipinski definition) is 3. The average Bonchev–Trinajstić information content (AvgIpc) is 2.48. The van der Waals surface area contributed by atoms with Crippen LogP contribution in [-0.4, -0.2) is 40.5 Å². The van der Waals surface area contributed by atoms with E-state index in [-0.39, 0.29) is 12.5 Å². The molecule has 0 saturated carbocycles. The number of carboxylic acid groups (broad SMARTS) is 1. The zero-order valence-corrected chi connectivity index (χ0v) is 7.62. The zero-order chi connectivity index (χ0) is 10.1. The zero-order valence-electron chi connectivity index (χ0n) is 7.62. The molecule has 1 unspecified atom stereocenters. The maximum absolute atomic E-state index is 11.2. The van der Waals surface area contributed by atoms with Gasteiger partial charge in [0.1, 0.15) is 5.54 Å². The molecule has 1 amide bonds. The van der Waals surface area contributed by atoms with Crippen molar-refractivity contribution in [1.82, 2.24) is 4.90 Å². The Morgan fingerprint density at radius 2 is 2.23 bits per heavy atom. The van der Waals surface area contributed by atoms with Gasteiger partial charge in [-0.1, -0.05) is 6.92 Å². The lowest BCUT2D eigenvalue weighted by atomic mass is 10.0. The van der Waals surface area contributed by atoms with Crippen LogP contribution in [0, 0.1) is 0 Å². The maximum Gasteiger partial charge on any atom is 0.325 e. The Balaban J connectivity index is 2.63. The number of carbonyl (C=O) groups excluding carboxylic acids is 1. The van der Waals surface area contributed by atoms with Crippen LogP contribution in [0.2, 0.25) is 0 Å². The van der Waals surface area contributed by atoms with Gasteiger partial charge in [0.25, 0.3) is 0 Å². The number of carboxylic acids is 1. The fraction of sp³-hybridized carbons (Fsp3) is 0.750. The van der Waals surface area contributed by atoms with Gasteiger partial charge in [-0.25, -0.2) is 0 Å². The van der Waals surface area contributed by atoms with Crippen LogP contribution in [-0.2, 0) is 9.59 Å². The van der Waals surface area contributed by atoms with Crippen molar-refractivity contribution in [2.24, 2.45) is 5.73 Å². The highest BCUT2D eigenvalue weighted by atomic mass is 16.4. The van der Waals surface area contributed by atoms with E-state index in [4.69, 9.17) is 10.8 Å². The summed E-state index contributed by atoms with van der Waals surface area (Å²) in [6.45, 7) is 2.34. The van der Waals surface area contributed by atoms with E-state index in [1.165, 1.54) is 4.90 Å². The molecule has 1 atom stereocenters. The first-order valence-corrected chi connectivity index (χ1v) is 4.29. The molecular formula is C8H14N2O3. The second-order valence-electron chi connectivity index (χ2n) is 3.38. The Morgan fingerprint density at radius 3 is 2.62 bits per heavy atom. The average molecular weight is 186 g/mol. The largest absolute Gasteiger partial charge is 0.480 e. The number of nitrogens with two attached hydrogens (primary N) is 1. The van der Waals surface area contributed by atoms with Gasteiger partial charge in [0.05, 0.1) is 0 Å². The summed E-state index contributed by atoms with van der Waals surface area (Å²) >= 11 is 0. The molecule has 0 aromatic carbocycles. The number of nitrogens with zero attached hydrogens (tertiary/aromatic N) is 1. The first-order valence-electron chi connectivity index (χ1n) is 4.29. The molecule has 0 aromatic rings. The lowest BCUT2D eigenvalue weighted by Gasteiger charge is -2.19. The summed E-state index contributed by atoms with van der Waals surface area (Å²) < 4.78 is 0. The second kappa shape index (κ2) is 3.33. The molecule has 74 valence electrons. The third-order valence-electron chi connectivity index (χ3n) is 2.38. The molecule has 1 aliphatic rings. The number of amides is 1. The van der Waals surface area contributed by atoms with Crippen LogP contribution in [0.1, 0.15) is 19.8 Å². The van der Waals surface area contributed by atoms with E-state index in [9.17, 15) is 9.59 Å². The topological polar surface area (TPSA) is 83.6 Å². The van der Waals surface area contributed by atoms with E-state index >= 15 is 0 Å². The van der Waals surface area contributed by atoms with Crippen LogP contribution >= 0.6 is 0 Å². The van der Waals surface area contributed by atoms with Crippen molar-refractivity contribution in [1.29, 1.82) is 0 Å². The summed E-state index contributed by atoms with van der Waals surface area (Å²) in [7, 11) is 0. The van der Waals surface area contributed by atoms with Crippen LogP contribution < -0.4 is 5.73 Å². The van der Waals surface area contributed by atoms with E-state index in [1.807, 2.05) is 0 Å². The van der Waals surface area contributed by atoms with Crippen molar-refractivity contribution in [2.45, 2.75) is 25.3 Å². The first-order chi connectivity index (χ1) is 5.99. The lowest BCUT2D eigenvalue weighted by molar-refractivity contribution is -0.143. The van der Waals surface area contributed by atoms with Gasteiger partial charge in [0.2, 0.25) is 5.91 Å². The molecule has 0 spiro atoms. The van der Waals surface area contributed by atoms with Crippen LogP contribution in [0.25, 0.3) is 0 Å². The Kier molecular flexibility index (Phi) is 2.56. The molecule has 1 heterocycles. The quantitative estimate of drug-likeness (QED) is 0.603. The number of rotatable bonds is 2. The Hall–Kier alpha value is -1.10. The van der Waals surface area contributed by atoms with Crippen molar-refractivity contribution in [3.8, 4) is 0 Å². The molecular weight excluding hydrogens is 172 g/mol. The van der Waals surface area contributed by atoms with Gasteiger partial charge in [-0.3, -0.25) is 9.59 Å². The standard InChI is InChI=1S/C8H14N2O3/c1-2-6(11)10-4-3-8(9,5-10)7(12)13/h2-5,9H2,1H3,(H,12,13). The number of hydrogen-bond donors (Lipinski definition) is 2. The summed E-state index contributed by atoms with van der Waals surface area (Å²) in [5, 5.41) is 8.78. The summed E-state index contributed by atoms with van der Waals surface area (Å²) in [6.07, 6.45) is 0.740. The van der Waals surface area contributed by atoms with Crippen molar-refractivity contribution < 1.29 is 14.7 Å².